The summed E-state index contributed by atoms with van der Waals surface area (Å²) in [5, 5.41) is 12.9. The van der Waals surface area contributed by atoms with Gasteiger partial charge >= 0.3 is 0 Å². The first-order valence-electron chi connectivity index (χ1n) is 10.8. The number of anilines is 1. The van der Waals surface area contributed by atoms with E-state index in [1.807, 2.05) is 45.0 Å². The molecule has 5 aromatic rings. The van der Waals surface area contributed by atoms with Crippen molar-refractivity contribution in [2.75, 3.05) is 5.32 Å². The van der Waals surface area contributed by atoms with Gasteiger partial charge in [0.15, 0.2) is 5.65 Å². The third-order valence-corrected chi connectivity index (χ3v) is 5.76. The predicted octanol–water partition coefficient (Wildman–Crippen LogP) is 4.64. The van der Waals surface area contributed by atoms with Crippen molar-refractivity contribution in [3.63, 3.8) is 0 Å². The van der Waals surface area contributed by atoms with E-state index >= 15 is 0 Å². The minimum absolute atomic E-state index is 0.00704. The SMILES string of the molecule is Cc1nn(Cc2cccc(F)c2)c(C)c1NC(=O)Cn1nc(C)c2c(-c3ccco3)ccnc21. The van der Waals surface area contributed by atoms with Gasteiger partial charge in [0.25, 0.3) is 0 Å². The van der Waals surface area contributed by atoms with Crippen molar-refractivity contribution in [3.05, 3.63) is 83.4 Å². The monoisotopic (exact) mass is 458 g/mol. The number of nitrogens with zero attached hydrogens (tertiary/aromatic N) is 5. The summed E-state index contributed by atoms with van der Waals surface area (Å²) in [6, 6.07) is 12.0. The minimum atomic E-state index is -0.293. The predicted molar refractivity (Wildman–Crippen MR) is 126 cm³/mol. The highest BCUT2D eigenvalue weighted by Crippen LogP contribution is 2.30. The Kier molecular flexibility index (Phi) is 5.45. The van der Waals surface area contributed by atoms with Crippen molar-refractivity contribution in [2.45, 2.75) is 33.9 Å². The topological polar surface area (TPSA) is 90.8 Å². The third kappa shape index (κ3) is 3.96. The summed E-state index contributed by atoms with van der Waals surface area (Å²) >= 11 is 0. The van der Waals surface area contributed by atoms with Gasteiger partial charge in [0, 0.05) is 11.8 Å². The van der Waals surface area contributed by atoms with E-state index in [9.17, 15) is 9.18 Å². The molecule has 0 atom stereocenters. The summed E-state index contributed by atoms with van der Waals surface area (Å²) < 4.78 is 22.4. The number of furan rings is 1. The van der Waals surface area contributed by atoms with E-state index in [0.29, 0.717) is 23.6 Å². The Hall–Kier alpha value is -4.27. The number of fused-ring (bicyclic) bond motifs is 1. The van der Waals surface area contributed by atoms with Gasteiger partial charge in [-0.15, -0.1) is 0 Å². The van der Waals surface area contributed by atoms with Crippen LogP contribution in [0, 0.1) is 26.6 Å². The number of benzene rings is 1. The average Bonchev–Trinajstić information content (AvgIpc) is 3.51. The van der Waals surface area contributed by atoms with Gasteiger partial charge < -0.3 is 9.73 Å². The summed E-state index contributed by atoms with van der Waals surface area (Å²) in [5.74, 6) is 0.181. The number of carbonyl (C=O) groups is 1. The molecule has 34 heavy (non-hydrogen) atoms. The summed E-state index contributed by atoms with van der Waals surface area (Å²) in [7, 11) is 0. The molecular weight excluding hydrogens is 435 g/mol. The lowest BCUT2D eigenvalue weighted by atomic mass is 10.1. The van der Waals surface area contributed by atoms with Crippen LogP contribution in [0.25, 0.3) is 22.4 Å². The molecule has 172 valence electrons. The van der Waals surface area contributed by atoms with Crippen molar-refractivity contribution < 1.29 is 13.6 Å². The number of pyridine rings is 1. The van der Waals surface area contributed by atoms with Gasteiger partial charge in [-0.2, -0.15) is 10.2 Å². The molecule has 0 aliphatic heterocycles. The van der Waals surface area contributed by atoms with Crippen LogP contribution in [0.1, 0.15) is 22.6 Å². The van der Waals surface area contributed by atoms with Crippen LogP contribution < -0.4 is 5.32 Å². The Labute approximate surface area is 195 Å². The number of carbonyl (C=O) groups excluding carboxylic acids is 1. The first-order valence-corrected chi connectivity index (χ1v) is 10.8. The van der Waals surface area contributed by atoms with Gasteiger partial charge in [0.05, 0.1) is 41.0 Å². The maximum atomic E-state index is 13.5. The molecule has 0 saturated heterocycles. The van der Waals surface area contributed by atoms with Crippen LogP contribution in [0.3, 0.4) is 0 Å². The Morgan fingerprint density at radius 1 is 1.06 bits per heavy atom. The van der Waals surface area contributed by atoms with Gasteiger partial charge in [0.1, 0.15) is 18.1 Å². The number of hydrogen-bond acceptors (Lipinski definition) is 5. The molecule has 0 bridgehead atoms. The summed E-state index contributed by atoms with van der Waals surface area (Å²) in [4.78, 5) is 17.4. The second kappa shape index (κ2) is 8.58. The maximum Gasteiger partial charge on any atom is 0.246 e. The molecule has 5 rings (SSSR count). The van der Waals surface area contributed by atoms with Crippen LogP contribution in [-0.4, -0.2) is 30.5 Å². The highest BCUT2D eigenvalue weighted by molar-refractivity contribution is 5.95. The molecule has 0 aliphatic carbocycles. The lowest BCUT2D eigenvalue weighted by Crippen LogP contribution is -2.20. The van der Waals surface area contributed by atoms with Crippen LogP contribution in [0.5, 0.6) is 0 Å². The number of amides is 1. The highest BCUT2D eigenvalue weighted by atomic mass is 19.1. The molecule has 4 aromatic heterocycles. The first kappa shape index (κ1) is 21.6. The number of nitrogens with one attached hydrogen (secondary N) is 1. The fraction of sp³-hybridized carbons (Fsp3) is 0.200. The van der Waals surface area contributed by atoms with Gasteiger partial charge in [-0.1, -0.05) is 12.1 Å². The molecular formula is C25H23FN6O2. The summed E-state index contributed by atoms with van der Waals surface area (Å²) in [6.07, 6.45) is 3.30. The van der Waals surface area contributed by atoms with E-state index in [1.165, 1.54) is 12.1 Å². The molecule has 1 aromatic carbocycles. The molecule has 0 spiro atoms. The van der Waals surface area contributed by atoms with E-state index in [1.54, 1.807) is 27.9 Å². The lowest BCUT2D eigenvalue weighted by Gasteiger charge is -2.08. The Balaban J connectivity index is 1.38. The van der Waals surface area contributed by atoms with E-state index in [4.69, 9.17) is 4.42 Å². The van der Waals surface area contributed by atoms with E-state index < -0.39 is 0 Å². The molecule has 0 radical (unpaired) electrons. The average molecular weight is 458 g/mol. The van der Waals surface area contributed by atoms with Crippen molar-refractivity contribution >= 4 is 22.6 Å². The summed E-state index contributed by atoms with van der Waals surface area (Å²) in [6.45, 7) is 5.99. The molecule has 0 fully saturated rings. The van der Waals surface area contributed by atoms with Crippen LogP contribution in [0.2, 0.25) is 0 Å². The van der Waals surface area contributed by atoms with Crippen molar-refractivity contribution in [1.29, 1.82) is 0 Å². The molecule has 8 nitrogen and oxygen atoms in total. The zero-order valence-electron chi connectivity index (χ0n) is 19.0. The lowest BCUT2D eigenvalue weighted by molar-refractivity contribution is -0.116. The van der Waals surface area contributed by atoms with Gasteiger partial charge in [0.2, 0.25) is 5.91 Å². The Bertz CT molecular complexity index is 1500. The molecule has 9 heteroatoms. The smallest absolute Gasteiger partial charge is 0.246 e. The standard InChI is InChI=1S/C25H23FN6O2/c1-15-23-20(21-8-5-11-34-21)9-10-27-25(23)32(29-15)14-22(33)28-24-16(2)30-31(17(24)3)13-18-6-4-7-19(26)12-18/h4-12H,13-14H2,1-3H3,(H,28,33). The second-order valence-corrected chi connectivity index (χ2v) is 8.16. The minimum Gasteiger partial charge on any atom is -0.464 e. The number of hydrogen-bond donors (Lipinski definition) is 1. The van der Waals surface area contributed by atoms with E-state index in [-0.39, 0.29) is 18.3 Å². The van der Waals surface area contributed by atoms with Crippen LogP contribution >= 0.6 is 0 Å². The number of rotatable bonds is 6. The molecule has 4 heterocycles. The first-order chi connectivity index (χ1) is 16.4. The molecule has 0 saturated carbocycles. The second-order valence-electron chi connectivity index (χ2n) is 8.16. The highest BCUT2D eigenvalue weighted by Gasteiger charge is 2.19. The van der Waals surface area contributed by atoms with Crippen LogP contribution in [0.4, 0.5) is 10.1 Å². The zero-order chi connectivity index (χ0) is 23.8. The van der Waals surface area contributed by atoms with Crippen LogP contribution in [0.15, 0.2) is 59.3 Å². The largest absolute Gasteiger partial charge is 0.464 e. The number of aryl methyl sites for hydroxylation is 2. The third-order valence-electron chi connectivity index (χ3n) is 5.76. The van der Waals surface area contributed by atoms with E-state index in [0.717, 1.165) is 33.7 Å². The van der Waals surface area contributed by atoms with Gasteiger partial charge in [-0.25, -0.2) is 14.1 Å². The van der Waals surface area contributed by atoms with Crippen LogP contribution in [-0.2, 0) is 17.9 Å². The Morgan fingerprint density at radius 2 is 1.88 bits per heavy atom. The fourth-order valence-electron chi connectivity index (χ4n) is 4.18. The van der Waals surface area contributed by atoms with Crippen molar-refractivity contribution in [3.8, 4) is 11.3 Å². The fourth-order valence-corrected chi connectivity index (χ4v) is 4.18. The number of aromatic nitrogens is 5. The molecule has 1 N–H and O–H groups in total. The Morgan fingerprint density at radius 3 is 2.65 bits per heavy atom. The van der Waals surface area contributed by atoms with Gasteiger partial charge in [-0.05, 0) is 56.7 Å². The van der Waals surface area contributed by atoms with Gasteiger partial charge in [-0.3, -0.25) is 9.48 Å². The van der Waals surface area contributed by atoms with Crippen molar-refractivity contribution in [2.24, 2.45) is 0 Å². The maximum absolute atomic E-state index is 13.5. The van der Waals surface area contributed by atoms with Crippen molar-refractivity contribution in [1.82, 2.24) is 24.5 Å². The summed E-state index contributed by atoms with van der Waals surface area (Å²) in [5.41, 5.74) is 5.15. The molecule has 1 amide bonds. The number of halogens is 1. The molecule has 0 aliphatic rings. The molecule has 0 unspecified atom stereocenters. The quantitative estimate of drug-likeness (QED) is 0.400. The zero-order valence-corrected chi connectivity index (χ0v) is 19.0. The van der Waals surface area contributed by atoms with E-state index in [2.05, 4.69) is 20.5 Å². The normalized spacial score (nSPS) is 11.3.